The number of hydrogen-bond donors (Lipinski definition) is 0. The Balaban J connectivity index is 1.21. The highest BCUT2D eigenvalue weighted by Crippen LogP contribution is 2.39. The van der Waals surface area contributed by atoms with Crippen molar-refractivity contribution in [1.82, 2.24) is 9.13 Å². The quantitative estimate of drug-likeness (QED) is 0.193. The summed E-state index contributed by atoms with van der Waals surface area (Å²) in [5, 5.41) is 34.3. The third-order valence-corrected chi connectivity index (χ3v) is 9.61. The summed E-state index contributed by atoms with van der Waals surface area (Å²) >= 11 is 0. The van der Waals surface area contributed by atoms with Crippen LogP contribution in [0.4, 0.5) is 0 Å². The number of aromatic nitrogens is 2. The molecule has 2 aromatic heterocycles. The SMILES string of the molecule is N#Cc1ccc(-n2c3ccccc3c3ccccc32)c(-c2cccc(-c3ccc(-n4c5ccccc5c5cc(C#N)ccc54)cc3C#N)c2)c1. The first kappa shape index (κ1) is 28.8. The minimum atomic E-state index is 0.549. The monoisotopic (exact) mass is 635 g/mol. The van der Waals surface area contributed by atoms with Gasteiger partial charge in [0.2, 0.25) is 0 Å². The van der Waals surface area contributed by atoms with Crippen LogP contribution in [0.5, 0.6) is 0 Å². The second-order valence-corrected chi connectivity index (χ2v) is 12.3. The van der Waals surface area contributed by atoms with Crippen LogP contribution in [0.25, 0.3) is 77.2 Å². The summed E-state index contributed by atoms with van der Waals surface area (Å²) in [7, 11) is 0. The van der Waals surface area contributed by atoms with Gasteiger partial charge in [0.1, 0.15) is 0 Å². The van der Waals surface area contributed by atoms with Crippen molar-refractivity contribution in [2.24, 2.45) is 0 Å². The number of para-hydroxylation sites is 3. The summed E-state index contributed by atoms with van der Waals surface area (Å²) in [6.45, 7) is 0. The molecule has 9 rings (SSSR count). The van der Waals surface area contributed by atoms with Crippen molar-refractivity contribution >= 4 is 43.6 Å². The van der Waals surface area contributed by atoms with Crippen LogP contribution in [-0.4, -0.2) is 9.13 Å². The lowest BCUT2D eigenvalue weighted by molar-refractivity contribution is 1.18. The summed E-state index contributed by atoms with van der Waals surface area (Å²) in [5.41, 5.74) is 11.3. The van der Waals surface area contributed by atoms with Crippen molar-refractivity contribution in [1.29, 1.82) is 15.8 Å². The molecular weight excluding hydrogens is 611 g/mol. The molecular formula is C45H25N5. The number of nitrogens with zero attached hydrogens (tertiary/aromatic N) is 5. The Morgan fingerprint density at radius 1 is 0.380 bits per heavy atom. The van der Waals surface area contributed by atoms with Gasteiger partial charge in [0, 0.05) is 32.8 Å². The zero-order chi connectivity index (χ0) is 33.8. The normalized spacial score (nSPS) is 11.1. The molecule has 0 atom stereocenters. The number of benzene rings is 7. The maximum absolute atomic E-state index is 10.5. The molecule has 0 N–H and O–H groups in total. The number of rotatable bonds is 4. The van der Waals surface area contributed by atoms with E-state index >= 15 is 0 Å². The molecule has 0 saturated heterocycles. The molecule has 50 heavy (non-hydrogen) atoms. The fourth-order valence-electron chi connectivity index (χ4n) is 7.40. The van der Waals surface area contributed by atoms with Crippen LogP contribution >= 0.6 is 0 Å². The Morgan fingerprint density at radius 3 is 1.60 bits per heavy atom. The van der Waals surface area contributed by atoms with Crippen LogP contribution < -0.4 is 0 Å². The van der Waals surface area contributed by atoms with E-state index in [1.807, 2.05) is 78.9 Å². The van der Waals surface area contributed by atoms with Crippen LogP contribution in [0.15, 0.2) is 152 Å². The Labute approximate surface area is 287 Å². The smallest absolute Gasteiger partial charge is 0.0998 e. The van der Waals surface area contributed by atoms with Crippen LogP contribution in [-0.2, 0) is 0 Å². The fraction of sp³-hybridized carbons (Fsp3) is 0. The van der Waals surface area contributed by atoms with Gasteiger partial charge >= 0.3 is 0 Å². The van der Waals surface area contributed by atoms with E-state index in [0.717, 1.165) is 66.5 Å². The molecule has 0 aliphatic carbocycles. The van der Waals surface area contributed by atoms with E-state index in [0.29, 0.717) is 16.7 Å². The molecule has 0 aliphatic rings. The third kappa shape index (κ3) is 4.38. The van der Waals surface area contributed by atoms with Gasteiger partial charge in [-0.05, 0) is 89.5 Å². The second-order valence-electron chi connectivity index (χ2n) is 12.3. The van der Waals surface area contributed by atoms with Crippen LogP contribution in [0.2, 0.25) is 0 Å². The molecule has 0 spiro atoms. The highest BCUT2D eigenvalue weighted by atomic mass is 15.0. The van der Waals surface area contributed by atoms with Gasteiger partial charge < -0.3 is 9.13 Å². The lowest BCUT2D eigenvalue weighted by Crippen LogP contribution is -1.98. The summed E-state index contributed by atoms with van der Waals surface area (Å²) < 4.78 is 4.42. The standard InChI is InChI=1S/C45H25N5/c46-26-29-16-20-44(50-42-14-5-1-10-36(42)37-11-2-6-15-43(37)50)39(22-29)32-9-7-8-31(24-32)35-19-18-34(25-33(35)28-48)49-41-13-4-3-12-38(41)40-23-30(27-47)17-21-45(40)49/h1-25H. The van der Waals surface area contributed by atoms with Gasteiger partial charge in [0.05, 0.1) is 62.7 Å². The topological polar surface area (TPSA) is 81.2 Å². The van der Waals surface area contributed by atoms with Gasteiger partial charge in [-0.3, -0.25) is 0 Å². The maximum Gasteiger partial charge on any atom is 0.0998 e. The molecule has 9 aromatic rings. The molecule has 0 radical (unpaired) electrons. The van der Waals surface area contributed by atoms with Crippen molar-refractivity contribution in [2.45, 2.75) is 0 Å². The molecule has 2 heterocycles. The van der Waals surface area contributed by atoms with Crippen LogP contribution in [0.1, 0.15) is 16.7 Å². The van der Waals surface area contributed by atoms with Crippen molar-refractivity contribution < 1.29 is 0 Å². The van der Waals surface area contributed by atoms with Crippen molar-refractivity contribution in [3.8, 4) is 51.8 Å². The third-order valence-electron chi connectivity index (χ3n) is 9.61. The first-order valence-electron chi connectivity index (χ1n) is 16.3. The zero-order valence-electron chi connectivity index (χ0n) is 26.7. The van der Waals surface area contributed by atoms with E-state index in [2.05, 4.69) is 100 Å². The number of nitriles is 3. The average Bonchev–Trinajstić information content (AvgIpc) is 3.70. The predicted molar refractivity (Wildman–Crippen MR) is 200 cm³/mol. The summed E-state index contributed by atoms with van der Waals surface area (Å²) in [5.74, 6) is 0. The highest BCUT2D eigenvalue weighted by Gasteiger charge is 2.18. The largest absolute Gasteiger partial charge is 0.309 e. The average molecular weight is 636 g/mol. The van der Waals surface area contributed by atoms with Gasteiger partial charge in [0.25, 0.3) is 0 Å². The molecule has 0 aliphatic heterocycles. The summed E-state index contributed by atoms with van der Waals surface area (Å²) in [6.07, 6.45) is 0. The number of hydrogen-bond acceptors (Lipinski definition) is 3. The maximum atomic E-state index is 10.5. The van der Waals surface area contributed by atoms with E-state index in [1.165, 1.54) is 10.8 Å². The lowest BCUT2D eigenvalue weighted by Gasteiger charge is -2.16. The second kappa shape index (κ2) is 11.4. The van der Waals surface area contributed by atoms with Crippen molar-refractivity contribution in [3.63, 3.8) is 0 Å². The summed E-state index contributed by atoms with van der Waals surface area (Å²) in [4.78, 5) is 0. The molecule has 5 heteroatoms. The highest BCUT2D eigenvalue weighted by molar-refractivity contribution is 6.10. The molecule has 0 fully saturated rings. The van der Waals surface area contributed by atoms with Crippen molar-refractivity contribution in [3.05, 3.63) is 168 Å². The zero-order valence-corrected chi connectivity index (χ0v) is 26.7. The Kier molecular flexibility index (Phi) is 6.56. The van der Waals surface area contributed by atoms with Gasteiger partial charge in [0.15, 0.2) is 0 Å². The molecule has 0 amide bonds. The van der Waals surface area contributed by atoms with E-state index in [4.69, 9.17) is 0 Å². The molecule has 0 unspecified atom stereocenters. The first-order valence-corrected chi connectivity index (χ1v) is 16.3. The Hall–Kier alpha value is -7.39. The fourth-order valence-corrected chi connectivity index (χ4v) is 7.40. The van der Waals surface area contributed by atoms with Crippen molar-refractivity contribution in [2.75, 3.05) is 0 Å². The van der Waals surface area contributed by atoms with Gasteiger partial charge in [-0.15, -0.1) is 0 Å². The molecule has 5 nitrogen and oxygen atoms in total. The van der Waals surface area contributed by atoms with E-state index in [1.54, 1.807) is 0 Å². The van der Waals surface area contributed by atoms with Crippen LogP contribution in [0, 0.1) is 34.0 Å². The molecule has 0 bridgehead atoms. The predicted octanol–water partition coefficient (Wildman–Crippen LogP) is 10.8. The molecule has 7 aromatic carbocycles. The van der Waals surface area contributed by atoms with E-state index in [9.17, 15) is 15.8 Å². The first-order chi connectivity index (χ1) is 24.7. The van der Waals surface area contributed by atoms with Crippen LogP contribution in [0.3, 0.4) is 0 Å². The molecule has 0 saturated carbocycles. The van der Waals surface area contributed by atoms with E-state index < -0.39 is 0 Å². The van der Waals surface area contributed by atoms with Gasteiger partial charge in [-0.1, -0.05) is 78.9 Å². The minimum Gasteiger partial charge on any atom is -0.309 e. The molecule has 230 valence electrons. The van der Waals surface area contributed by atoms with E-state index in [-0.39, 0.29) is 0 Å². The minimum absolute atomic E-state index is 0.549. The Morgan fingerprint density at radius 2 is 0.940 bits per heavy atom. The summed E-state index contributed by atoms with van der Waals surface area (Å²) in [6, 6.07) is 57.7. The number of fused-ring (bicyclic) bond motifs is 6. The lowest BCUT2D eigenvalue weighted by atomic mass is 9.94. The van der Waals surface area contributed by atoms with Gasteiger partial charge in [-0.2, -0.15) is 15.8 Å². The Bertz CT molecular complexity index is 2920. The van der Waals surface area contributed by atoms with Gasteiger partial charge in [-0.25, -0.2) is 0 Å².